The lowest BCUT2D eigenvalue weighted by molar-refractivity contribution is -0.144. The van der Waals surface area contributed by atoms with Gasteiger partial charge >= 0.3 is 11.9 Å². The number of carboxylic acid groups (broad SMARTS) is 1. The second-order valence-electron chi connectivity index (χ2n) is 9.53. The van der Waals surface area contributed by atoms with E-state index in [4.69, 9.17) is 9.84 Å². The zero-order chi connectivity index (χ0) is 25.0. The van der Waals surface area contributed by atoms with Crippen molar-refractivity contribution in [3.8, 4) is 0 Å². The van der Waals surface area contributed by atoms with Crippen molar-refractivity contribution in [2.24, 2.45) is 0 Å². The van der Waals surface area contributed by atoms with Crippen molar-refractivity contribution < 1.29 is 19.4 Å². The van der Waals surface area contributed by atoms with E-state index in [0.717, 1.165) is 51.4 Å². The third-order valence-corrected chi connectivity index (χ3v) is 6.13. The van der Waals surface area contributed by atoms with Gasteiger partial charge in [-0.3, -0.25) is 9.59 Å². The van der Waals surface area contributed by atoms with Gasteiger partial charge in [-0.25, -0.2) is 0 Å². The van der Waals surface area contributed by atoms with Gasteiger partial charge in [0.15, 0.2) is 0 Å². The summed E-state index contributed by atoms with van der Waals surface area (Å²) >= 11 is 0. The largest absolute Gasteiger partial charge is 0.481 e. The molecule has 0 atom stereocenters. The monoisotopic (exact) mass is 478 g/mol. The number of ether oxygens (including phenoxy) is 1. The Morgan fingerprint density at radius 1 is 0.588 bits per heavy atom. The number of unbranched alkanes of at least 4 members (excludes halogenated alkanes) is 16. The number of esters is 1. The molecular weight excluding hydrogens is 424 g/mol. The van der Waals surface area contributed by atoms with Crippen LogP contribution in [0.3, 0.4) is 0 Å². The lowest BCUT2D eigenvalue weighted by atomic mass is 10.1. The van der Waals surface area contributed by atoms with E-state index < -0.39 is 5.97 Å². The fourth-order valence-corrected chi connectivity index (χ4v) is 3.95. The molecule has 0 amide bonds. The summed E-state index contributed by atoms with van der Waals surface area (Å²) in [5, 5.41) is 8.59. The summed E-state index contributed by atoms with van der Waals surface area (Å²) in [7, 11) is 0. The number of hydrogen-bond donors (Lipinski definition) is 1. The molecule has 0 saturated carbocycles. The van der Waals surface area contributed by atoms with E-state index in [1.807, 2.05) is 0 Å². The van der Waals surface area contributed by atoms with Crippen molar-refractivity contribution in [2.75, 3.05) is 6.61 Å². The summed E-state index contributed by atoms with van der Waals surface area (Å²) in [4.78, 5) is 22.2. The van der Waals surface area contributed by atoms with Gasteiger partial charge in [0.25, 0.3) is 0 Å². The van der Waals surface area contributed by atoms with Crippen LogP contribution in [0.5, 0.6) is 0 Å². The standard InChI is InChI=1S/C30H54O4/c1-2-3-4-5-6-7-8-9-10-11-12-15-18-21-24-27-30(33)34-28-25-22-19-16-13-14-17-20-23-26-29(31)32/h6-7,9-10H,2-5,8,11-28H2,1H3,(H,31,32)/b7-6-,10-9-. The molecule has 198 valence electrons. The Balaban J connectivity index is 3.25. The van der Waals surface area contributed by atoms with E-state index >= 15 is 0 Å². The molecule has 0 fully saturated rings. The molecule has 0 aliphatic rings. The molecular formula is C30H54O4. The van der Waals surface area contributed by atoms with Crippen molar-refractivity contribution in [3.05, 3.63) is 24.3 Å². The third-order valence-electron chi connectivity index (χ3n) is 6.13. The van der Waals surface area contributed by atoms with Crippen molar-refractivity contribution in [1.82, 2.24) is 0 Å². The minimum Gasteiger partial charge on any atom is -0.481 e. The maximum absolute atomic E-state index is 11.8. The topological polar surface area (TPSA) is 63.6 Å². The van der Waals surface area contributed by atoms with Crippen LogP contribution in [0, 0.1) is 0 Å². The van der Waals surface area contributed by atoms with E-state index in [1.54, 1.807) is 0 Å². The molecule has 0 rings (SSSR count). The average Bonchev–Trinajstić information content (AvgIpc) is 2.82. The molecule has 0 saturated heterocycles. The third kappa shape index (κ3) is 28.5. The maximum atomic E-state index is 11.8. The molecule has 0 spiro atoms. The van der Waals surface area contributed by atoms with Gasteiger partial charge in [0.2, 0.25) is 0 Å². The van der Waals surface area contributed by atoms with Gasteiger partial charge in [0.1, 0.15) is 0 Å². The summed E-state index contributed by atoms with van der Waals surface area (Å²) in [5.41, 5.74) is 0. The second-order valence-corrected chi connectivity index (χ2v) is 9.53. The fraction of sp³-hybridized carbons (Fsp3) is 0.800. The maximum Gasteiger partial charge on any atom is 0.305 e. The molecule has 0 aliphatic carbocycles. The van der Waals surface area contributed by atoms with E-state index in [9.17, 15) is 9.59 Å². The number of carbonyl (C=O) groups excluding carboxylic acids is 1. The number of allylic oxidation sites excluding steroid dienone is 4. The van der Waals surface area contributed by atoms with Crippen molar-refractivity contribution in [2.45, 2.75) is 148 Å². The normalized spacial score (nSPS) is 11.6. The molecule has 0 bridgehead atoms. The van der Waals surface area contributed by atoms with E-state index in [1.165, 1.54) is 77.0 Å². The summed E-state index contributed by atoms with van der Waals surface area (Å²) in [6.45, 7) is 2.81. The van der Waals surface area contributed by atoms with Crippen LogP contribution in [0.15, 0.2) is 24.3 Å². The van der Waals surface area contributed by atoms with Crippen LogP contribution < -0.4 is 0 Å². The summed E-state index contributed by atoms with van der Waals surface area (Å²) < 4.78 is 5.35. The van der Waals surface area contributed by atoms with E-state index in [-0.39, 0.29) is 5.97 Å². The first kappa shape index (κ1) is 32.4. The van der Waals surface area contributed by atoms with Crippen LogP contribution in [0.2, 0.25) is 0 Å². The lowest BCUT2D eigenvalue weighted by Gasteiger charge is -2.05. The van der Waals surface area contributed by atoms with Crippen molar-refractivity contribution in [3.63, 3.8) is 0 Å². The minimum atomic E-state index is -0.688. The molecule has 0 heterocycles. The first-order valence-electron chi connectivity index (χ1n) is 14.3. The Morgan fingerprint density at radius 3 is 1.62 bits per heavy atom. The van der Waals surface area contributed by atoms with Crippen LogP contribution in [0.25, 0.3) is 0 Å². The quantitative estimate of drug-likeness (QED) is 0.0764. The highest BCUT2D eigenvalue weighted by Gasteiger charge is 2.02. The fourth-order valence-electron chi connectivity index (χ4n) is 3.95. The molecule has 0 aromatic heterocycles. The molecule has 1 N–H and O–H groups in total. The molecule has 0 aromatic carbocycles. The van der Waals surface area contributed by atoms with Gasteiger partial charge in [-0.1, -0.05) is 108 Å². The van der Waals surface area contributed by atoms with Gasteiger partial charge < -0.3 is 9.84 Å². The number of carboxylic acids is 1. The van der Waals surface area contributed by atoms with Crippen molar-refractivity contribution in [1.29, 1.82) is 0 Å². The van der Waals surface area contributed by atoms with E-state index in [2.05, 4.69) is 31.2 Å². The molecule has 0 unspecified atom stereocenters. The number of rotatable bonds is 26. The Labute approximate surface area is 210 Å². The number of hydrogen-bond acceptors (Lipinski definition) is 3. The van der Waals surface area contributed by atoms with Crippen LogP contribution in [0.4, 0.5) is 0 Å². The molecule has 4 nitrogen and oxygen atoms in total. The molecule has 4 heteroatoms. The first-order valence-corrected chi connectivity index (χ1v) is 14.3. The predicted octanol–water partition coefficient (Wildman–Crippen LogP) is 9.33. The number of carbonyl (C=O) groups is 2. The molecule has 0 aromatic rings. The highest BCUT2D eigenvalue weighted by Crippen LogP contribution is 2.12. The van der Waals surface area contributed by atoms with Crippen LogP contribution in [-0.4, -0.2) is 23.7 Å². The Hall–Kier alpha value is -1.58. The summed E-state index contributed by atoms with van der Waals surface area (Å²) in [6, 6.07) is 0. The predicted molar refractivity (Wildman–Crippen MR) is 144 cm³/mol. The highest BCUT2D eigenvalue weighted by molar-refractivity contribution is 5.69. The van der Waals surface area contributed by atoms with Gasteiger partial charge in [-0.05, 0) is 51.4 Å². The van der Waals surface area contributed by atoms with E-state index in [0.29, 0.717) is 19.4 Å². The zero-order valence-corrected chi connectivity index (χ0v) is 22.2. The van der Waals surface area contributed by atoms with Crippen molar-refractivity contribution >= 4 is 11.9 Å². The summed E-state index contributed by atoms with van der Waals surface area (Å²) in [6.07, 6.45) is 33.1. The molecule has 0 radical (unpaired) electrons. The van der Waals surface area contributed by atoms with Crippen LogP contribution >= 0.6 is 0 Å². The lowest BCUT2D eigenvalue weighted by Crippen LogP contribution is -2.05. The Bertz CT molecular complexity index is 510. The van der Waals surface area contributed by atoms with Gasteiger partial charge in [-0.15, -0.1) is 0 Å². The molecule has 34 heavy (non-hydrogen) atoms. The van der Waals surface area contributed by atoms with Crippen LogP contribution in [-0.2, 0) is 14.3 Å². The second kappa shape index (κ2) is 27.7. The molecule has 0 aliphatic heterocycles. The SMILES string of the molecule is CCCCC/C=C\C/C=C\CCCCCCCC(=O)OCCCCCCCCCCCC(=O)O. The zero-order valence-electron chi connectivity index (χ0n) is 22.2. The minimum absolute atomic E-state index is 0.0351. The number of aliphatic carboxylic acids is 1. The highest BCUT2D eigenvalue weighted by atomic mass is 16.5. The van der Waals surface area contributed by atoms with Gasteiger partial charge in [0, 0.05) is 12.8 Å². The Kier molecular flexibility index (Phi) is 26.4. The van der Waals surface area contributed by atoms with Crippen LogP contribution in [0.1, 0.15) is 148 Å². The van der Waals surface area contributed by atoms with Gasteiger partial charge in [0.05, 0.1) is 6.61 Å². The Morgan fingerprint density at radius 2 is 1.06 bits per heavy atom. The smallest absolute Gasteiger partial charge is 0.305 e. The van der Waals surface area contributed by atoms with Gasteiger partial charge in [-0.2, -0.15) is 0 Å². The summed E-state index contributed by atoms with van der Waals surface area (Å²) in [5.74, 6) is -0.723. The first-order chi connectivity index (χ1) is 16.7. The average molecular weight is 479 g/mol.